The molecule has 1 N–H and O–H groups in total. The maximum absolute atomic E-state index is 13.6. The van der Waals surface area contributed by atoms with Gasteiger partial charge in [-0.15, -0.1) is 11.3 Å². The summed E-state index contributed by atoms with van der Waals surface area (Å²) in [5, 5.41) is 9.65. The number of carbonyl (C=O) groups is 1. The smallest absolute Gasteiger partial charge is 0.303 e. The number of aromatic nitrogens is 1. The first kappa shape index (κ1) is 20.5. The Morgan fingerprint density at radius 3 is 2.63 bits per heavy atom. The highest BCUT2D eigenvalue weighted by atomic mass is 32.2. The van der Waals surface area contributed by atoms with E-state index in [-0.39, 0.29) is 23.5 Å². The lowest BCUT2D eigenvalue weighted by Gasteiger charge is -2.10. The summed E-state index contributed by atoms with van der Waals surface area (Å²) < 4.78 is 54.7. The lowest BCUT2D eigenvalue weighted by atomic mass is 10.0. The van der Waals surface area contributed by atoms with Gasteiger partial charge in [-0.05, 0) is 48.3 Å². The van der Waals surface area contributed by atoms with Gasteiger partial charge in [-0.1, -0.05) is 18.2 Å². The average Bonchev–Trinajstić information content (AvgIpc) is 3.34. The number of halogens is 2. The fourth-order valence-corrected chi connectivity index (χ4v) is 6.28. The molecule has 2 heterocycles. The molecule has 156 valence electrons. The molecule has 1 aliphatic carbocycles. The van der Waals surface area contributed by atoms with Gasteiger partial charge in [0, 0.05) is 29.3 Å². The number of nitrogens with zero attached hydrogens (tertiary/aromatic N) is 1. The van der Waals surface area contributed by atoms with Crippen molar-refractivity contribution in [1.29, 1.82) is 0 Å². The van der Waals surface area contributed by atoms with Crippen LogP contribution in [0.2, 0.25) is 0 Å². The number of aryl methyl sites for hydroxylation is 1. The largest absolute Gasteiger partial charge is 0.481 e. The van der Waals surface area contributed by atoms with E-state index in [4.69, 9.17) is 5.11 Å². The lowest BCUT2D eigenvalue weighted by Crippen LogP contribution is -2.10. The monoisotopic (exact) mass is 449 g/mol. The number of thiophene rings is 1. The van der Waals surface area contributed by atoms with Crippen LogP contribution in [0.3, 0.4) is 0 Å². The molecule has 0 radical (unpaired) electrons. The molecular formula is C21H17F2NO4S2. The van der Waals surface area contributed by atoms with Gasteiger partial charge in [-0.25, -0.2) is 12.8 Å². The third-order valence-electron chi connectivity index (χ3n) is 4.95. The van der Waals surface area contributed by atoms with Crippen LogP contribution < -0.4 is 0 Å². The van der Waals surface area contributed by atoms with Gasteiger partial charge >= 0.3 is 5.97 Å². The van der Waals surface area contributed by atoms with E-state index in [0.717, 1.165) is 21.4 Å². The van der Waals surface area contributed by atoms with Gasteiger partial charge in [0.2, 0.25) is 0 Å². The van der Waals surface area contributed by atoms with E-state index in [0.29, 0.717) is 33.3 Å². The number of carboxylic acids is 1. The molecule has 0 saturated carbocycles. The van der Waals surface area contributed by atoms with E-state index in [1.807, 2.05) is 0 Å². The zero-order valence-electron chi connectivity index (χ0n) is 15.6. The van der Waals surface area contributed by atoms with Crippen LogP contribution in [0.25, 0.3) is 16.5 Å². The van der Waals surface area contributed by atoms with E-state index in [9.17, 15) is 22.0 Å². The second-order valence-corrected chi connectivity index (χ2v) is 10.0. The van der Waals surface area contributed by atoms with E-state index in [1.54, 1.807) is 30.3 Å². The van der Waals surface area contributed by atoms with Crippen molar-refractivity contribution in [1.82, 2.24) is 3.97 Å². The molecule has 0 spiro atoms. The Morgan fingerprint density at radius 2 is 1.90 bits per heavy atom. The van der Waals surface area contributed by atoms with Gasteiger partial charge in [0.25, 0.3) is 10.0 Å². The fourth-order valence-electron chi connectivity index (χ4n) is 3.45. The Kier molecular flexibility index (Phi) is 5.33. The summed E-state index contributed by atoms with van der Waals surface area (Å²) in [6.07, 6.45) is 2.91. The molecule has 5 nitrogen and oxygen atoms in total. The van der Waals surface area contributed by atoms with Crippen molar-refractivity contribution < 1.29 is 27.1 Å². The van der Waals surface area contributed by atoms with Gasteiger partial charge in [-0.3, -0.25) is 4.79 Å². The zero-order valence-corrected chi connectivity index (χ0v) is 17.3. The number of hydrogen-bond donors (Lipinski definition) is 1. The molecule has 0 atom stereocenters. The van der Waals surface area contributed by atoms with Gasteiger partial charge < -0.3 is 5.11 Å². The molecule has 30 heavy (non-hydrogen) atoms. The number of benzene rings is 1. The lowest BCUT2D eigenvalue weighted by molar-refractivity contribution is -0.136. The Balaban J connectivity index is 1.75. The summed E-state index contributed by atoms with van der Waals surface area (Å²) in [5.41, 5.74) is 1.65. The number of allylic oxidation sites excluding steroid dienone is 4. The van der Waals surface area contributed by atoms with Crippen LogP contribution in [-0.4, -0.2) is 23.5 Å². The van der Waals surface area contributed by atoms with Crippen molar-refractivity contribution in [2.75, 3.05) is 0 Å². The molecule has 0 bridgehead atoms. The maximum Gasteiger partial charge on any atom is 0.303 e. The number of carboxylic acid groups (broad SMARTS) is 1. The standard InChI is InChI=1S/C21H17F2NO4S2/c22-16-7-5-13(11-17(16)23)19-8-10-21(29-19)30(27,28)24-12-14(6-9-20(25)26)15-3-1-2-4-18(15)24/h1-4,8,10-12H,5-7,9H2,(H,25,26). The Bertz CT molecular complexity index is 1320. The van der Waals surface area contributed by atoms with Crippen molar-refractivity contribution in [3.63, 3.8) is 0 Å². The predicted molar refractivity (Wildman–Crippen MR) is 111 cm³/mol. The molecular weight excluding hydrogens is 432 g/mol. The SMILES string of the molecule is O=C(O)CCc1cn(S(=O)(=O)c2ccc(C3=CC(F)=C(F)CC3)s2)c2ccccc12. The molecule has 0 amide bonds. The highest BCUT2D eigenvalue weighted by molar-refractivity contribution is 7.92. The first-order chi connectivity index (χ1) is 14.3. The minimum absolute atomic E-state index is 0.0488. The van der Waals surface area contributed by atoms with Crippen LogP contribution in [0, 0.1) is 0 Å². The van der Waals surface area contributed by atoms with Gasteiger partial charge in [-0.2, -0.15) is 8.42 Å². The molecule has 4 rings (SSSR count). The van der Waals surface area contributed by atoms with Crippen LogP contribution in [0.4, 0.5) is 8.78 Å². The normalized spacial score (nSPS) is 14.9. The van der Waals surface area contributed by atoms with Crippen molar-refractivity contribution in [2.45, 2.75) is 29.9 Å². The molecule has 2 aromatic heterocycles. The number of aliphatic carboxylic acids is 1. The van der Waals surface area contributed by atoms with Gasteiger partial charge in [0.05, 0.1) is 5.52 Å². The topological polar surface area (TPSA) is 76.4 Å². The van der Waals surface area contributed by atoms with E-state index >= 15 is 0 Å². The Labute approximate surface area is 175 Å². The summed E-state index contributed by atoms with van der Waals surface area (Å²) in [4.78, 5) is 11.5. The quantitative estimate of drug-likeness (QED) is 0.555. The second kappa shape index (κ2) is 7.81. The summed E-state index contributed by atoms with van der Waals surface area (Å²) in [6, 6.07) is 9.95. The highest BCUT2D eigenvalue weighted by Crippen LogP contribution is 2.37. The van der Waals surface area contributed by atoms with E-state index in [1.165, 1.54) is 12.3 Å². The maximum atomic E-state index is 13.6. The van der Waals surface area contributed by atoms with Crippen molar-refractivity contribution in [2.24, 2.45) is 0 Å². The first-order valence-corrected chi connectivity index (χ1v) is 11.4. The van der Waals surface area contributed by atoms with Gasteiger partial charge in [0.15, 0.2) is 5.83 Å². The number of rotatable bonds is 6. The van der Waals surface area contributed by atoms with Crippen LogP contribution in [-0.2, 0) is 21.2 Å². The van der Waals surface area contributed by atoms with Gasteiger partial charge in [0.1, 0.15) is 10.0 Å². The van der Waals surface area contributed by atoms with E-state index in [2.05, 4.69) is 0 Å². The van der Waals surface area contributed by atoms with E-state index < -0.39 is 27.6 Å². The number of fused-ring (bicyclic) bond motifs is 1. The minimum atomic E-state index is -3.94. The third-order valence-corrected chi connectivity index (χ3v) is 8.26. The minimum Gasteiger partial charge on any atom is -0.481 e. The zero-order chi connectivity index (χ0) is 21.5. The molecule has 1 aliphatic rings. The Morgan fingerprint density at radius 1 is 1.13 bits per heavy atom. The first-order valence-electron chi connectivity index (χ1n) is 9.18. The average molecular weight is 450 g/mol. The predicted octanol–water partition coefficient (Wildman–Crippen LogP) is 5.28. The summed E-state index contributed by atoms with van der Waals surface area (Å²) >= 11 is 0.998. The number of para-hydroxylation sites is 1. The molecule has 9 heteroatoms. The van der Waals surface area contributed by atoms with Crippen LogP contribution in [0.5, 0.6) is 0 Å². The van der Waals surface area contributed by atoms with Crippen LogP contribution in [0.15, 0.2) is 64.5 Å². The van der Waals surface area contributed by atoms with Crippen LogP contribution >= 0.6 is 11.3 Å². The molecule has 1 aromatic carbocycles. The van der Waals surface area contributed by atoms with Crippen molar-refractivity contribution in [3.05, 3.63) is 70.8 Å². The molecule has 0 saturated heterocycles. The molecule has 0 unspecified atom stereocenters. The third kappa shape index (κ3) is 3.70. The second-order valence-electron chi connectivity index (χ2n) is 6.91. The summed E-state index contributed by atoms with van der Waals surface area (Å²) in [6.45, 7) is 0. The summed E-state index contributed by atoms with van der Waals surface area (Å²) in [5.74, 6) is -2.68. The van der Waals surface area contributed by atoms with Crippen molar-refractivity contribution in [3.8, 4) is 0 Å². The molecule has 0 fully saturated rings. The number of hydrogen-bond acceptors (Lipinski definition) is 4. The van der Waals surface area contributed by atoms with Crippen molar-refractivity contribution >= 4 is 43.8 Å². The highest BCUT2D eigenvalue weighted by Gasteiger charge is 2.24. The summed E-state index contributed by atoms with van der Waals surface area (Å²) in [7, 11) is -3.94. The Hall–Kier alpha value is -2.78. The molecule has 0 aliphatic heterocycles. The molecule has 3 aromatic rings. The fraction of sp³-hybridized carbons (Fsp3) is 0.190. The van der Waals surface area contributed by atoms with Crippen LogP contribution in [0.1, 0.15) is 29.7 Å².